The average Bonchev–Trinajstić information content (AvgIpc) is 3.14. The molecule has 1 aromatic heterocycles. The van der Waals surface area contributed by atoms with Gasteiger partial charge in [-0.3, -0.25) is 0 Å². The smallest absolute Gasteiger partial charge is 0.210 e. The molecule has 1 saturated heterocycles. The van der Waals surface area contributed by atoms with E-state index in [0.29, 0.717) is 12.1 Å². The topological polar surface area (TPSA) is 71.3 Å². The van der Waals surface area contributed by atoms with Crippen LogP contribution in [0.4, 0.5) is 0 Å². The third-order valence-electron chi connectivity index (χ3n) is 5.83. The van der Waals surface area contributed by atoms with Crippen molar-refractivity contribution in [1.82, 2.24) is 9.88 Å². The third kappa shape index (κ3) is 2.09. The summed E-state index contributed by atoms with van der Waals surface area (Å²) in [5.41, 5.74) is 3.61. The van der Waals surface area contributed by atoms with Crippen molar-refractivity contribution in [3.63, 3.8) is 0 Å². The quantitative estimate of drug-likeness (QED) is 0.729. The number of hydrogen-bond donors (Lipinski definition) is 2. The van der Waals surface area contributed by atoms with Gasteiger partial charge in [-0.05, 0) is 48.7 Å². The van der Waals surface area contributed by atoms with Crippen LogP contribution in [0.1, 0.15) is 30.1 Å². The highest BCUT2D eigenvalue weighted by Gasteiger charge is 2.36. The molecule has 5 nitrogen and oxygen atoms in total. The van der Waals surface area contributed by atoms with Crippen molar-refractivity contribution in [2.24, 2.45) is 7.05 Å². The molecule has 0 saturated carbocycles. The monoisotopic (exact) mass is 368 g/mol. The lowest BCUT2D eigenvalue weighted by molar-refractivity contribution is 0.459. The molecule has 26 heavy (non-hydrogen) atoms. The number of nitrogens with one attached hydrogen (secondary N) is 1. The van der Waals surface area contributed by atoms with Crippen LogP contribution in [0.2, 0.25) is 0 Å². The van der Waals surface area contributed by atoms with Crippen molar-refractivity contribution in [2.45, 2.75) is 41.1 Å². The SMILES string of the molecule is Cn1c2c(c3cc(S(=O)(=O)c4ccccc4O)ccc31)C1CCC(C2)N1. The predicted molar refractivity (Wildman–Crippen MR) is 99.1 cm³/mol. The maximum absolute atomic E-state index is 13.1. The van der Waals surface area contributed by atoms with E-state index in [1.807, 2.05) is 6.07 Å². The van der Waals surface area contributed by atoms with Crippen LogP contribution in [0.3, 0.4) is 0 Å². The van der Waals surface area contributed by atoms with E-state index in [1.54, 1.807) is 24.3 Å². The Morgan fingerprint density at radius 3 is 2.77 bits per heavy atom. The highest BCUT2D eigenvalue weighted by atomic mass is 32.2. The number of aryl methyl sites for hydroxylation is 1. The summed E-state index contributed by atoms with van der Waals surface area (Å²) < 4.78 is 28.3. The number of rotatable bonds is 2. The van der Waals surface area contributed by atoms with Crippen molar-refractivity contribution in [2.75, 3.05) is 0 Å². The van der Waals surface area contributed by atoms with Crippen molar-refractivity contribution >= 4 is 20.7 Å². The average molecular weight is 368 g/mol. The number of nitrogens with zero attached hydrogens (tertiary/aromatic N) is 1. The number of para-hydroxylation sites is 1. The molecule has 0 radical (unpaired) electrons. The number of aromatic nitrogens is 1. The minimum absolute atomic E-state index is 0.0526. The molecule has 2 aromatic carbocycles. The summed E-state index contributed by atoms with van der Waals surface area (Å²) in [5, 5.41) is 14.7. The van der Waals surface area contributed by atoms with Gasteiger partial charge in [0.25, 0.3) is 0 Å². The molecule has 2 unspecified atom stereocenters. The van der Waals surface area contributed by atoms with Gasteiger partial charge in [0.15, 0.2) is 0 Å². The molecule has 3 aromatic rings. The van der Waals surface area contributed by atoms with Crippen molar-refractivity contribution in [1.29, 1.82) is 0 Å². The number of aromatic hydroxyl groups is 1. The lowest BCUT2D eigenvalue weighted by Gasteiger charge is -2.23. The van der Waals surface area contributed by atoms with E-state index in [4.69, 9.17) is 0 Å². The van der Waals surface area contributed by atoms with Gasteiger partial charge in [0, 0.05) is 42.1 Å². The molecular formula is C20H20N2O3S. The first-order valence-electron chi connectivity index (χ1n) is 8.87. The van der Waals surface area contributed by atoms with Gasteiger partial charge in [-0.1, -0.05) is 12.1 Å². The van der Waals surface area contributed by atoms with Gasteiger partial charge in [-0.15, -0.1) is 0 Å². The van der Waals surface area contributed by atoms with Crippen LogP contribution in [0.15, 0.2) is 52.3 Å². The summed E-state index contributed by atoms with van der Waals surface area (Å²) in [6.07, 6.45) is 3.24. The van der Waals surface area contributed by atoms with Crippen molar-refractivity contribution in [3.05, 3.63) is 53.7 Å². The van der Waals surface area contributed by atoms with Crippen LogP contribution in [-0.2, 0) is 23.3 Å². The van der Waals surface area contributed by atoms with Crippen LogP contribution in [-0.4, -0.2) is 24.1 Å². The normalized spacial score (nSPS) is 21.9. The maximum Gasteiger partial charge on any atom is 0.210 e. The molecule has 2 aliphatic rings. The summed E-state index contributed by atoms with van der Waals surface area (Å²) in [5.74, 6) is -0.219. The van der Waals surface area contributed by atoms with E-state index in [9.17, 15) is 13.5 Å². The van der Waals surface area contributed by atoms with Gasteiger partial charge in [0.2, 0.25) is 9.84 Å². The molecule has 6 heteroatoms. The fraction of sp³-hybridized carbons (Fsp3) is 0.300. The van der Waals surface area contributed by atoms with Crippen LogP contribution < -0.4 is 5.32 Å². The van der Waals surface area contributed by atoms with Gasteiger partial charge >= 0.3 is 0 Å². The van der Waals surface area contributed by atoms with Gasteiger partial charge < -0.3 is 15.0 Å². The zero-order chi connectivity index (χ0) is 18.1. The summed E-state index contributed by atoms with van der Waals surface area (Å²) >= 11 is 0. The zero-order valence-electron chi connectivity index (χ0n) is 14.4. The van der Waals surface area contributed by atoms with E-state index in [1.165, 1.54) is 23.4 Å². The molecule has 0 aliphatic carbocycles. The number of phenolic OH excluding ortho intramolecular Hbond substituents is 1. The second-order valence-electron chi connectivity index (χ2n) is 7.27. The number of sulfone groups is 1. The molecule has 0 amide bonds. The summed E-state index contributed by atoms with van der Waals surface area (Å²) in [7, 11) is -1.71. The molecule has 3 heterocycles. The Morgan fingerprint density at radius 2 is 1.96 bits per heavy atom. The van der Waals surface area contributed by atoms with Gasteiger partial charge in [0.05, 0.1) is 4.90 Å². The minimum Gasteiger partial charge on any atom is -0.507 e. The number of fused-ring (bicyclic) bond motifs is 6. The molecule has 2 aliphatic heterocycles. The Balaban J connectivity index is 1.73. The summed E-state index contributed by atoms with van der Waals surface area (Å²) in [6.45, 7) is 0. The van der Waals surface area contributed by atoms with Crippen LogP contribution in [0.25, 0.3) is 10.9 Å². The Morgan fingerprint density at radius 1 is 1.15 bits per heavy atom. The fourth-order valence-corrected chi connectivity index (χ4v) is 5.94. The molecule has 2 bridgehead atoms. The van der Waals surface area contributed by atoms with Crippen LogP contribution in [0, 0.1) is 0 Å². The number of benzene rings is 2. The fourth-order valence-electron chi connectivity index (χ4n) is 4.56. The second-order valence-corrected chi connectivity index (χ2v) is 9.19. The van der Waals surface area contributed by atoms with E-state index < -0.39 is 9.84 Å². The first-order chi connectivity index (χ1) is 12.5. The third-order valence-corrected chi connectivity index (χ3v) is 7.63. The van der Waals surface area contributed by atoms with Gasteiger partial charge in [-0.25, -0.2) is 8.42 Å². The molecule has 5 rings (SSSR count). The van der Waals surface area contributed by atoms with E-state index in [2.05, 4.69) is 16.9 Å². The maximum atomic E-state index is 13.1. The van der Waals surface area contributed by atoms with E-state index in [-0.39, 0.29) is 15.5 Å². The van der Waals surface area contributed by atoms with Gasteiger partial charge in [-0.2, -0.15) is 0 Å². The second kappa shape index (κ2) is 5.34. The van der Waals surface area contributed by atoms with Crippen LogP contribution >= 0.6 is 0 Å². The Kier molecular flexibility index (Phi) is 3.27. The van der Waals surface area contributed by atoms with Gasteiger partial charge in [0.1, 0.15) is 10.6 Å². The highest BCUT2D eigenvalue weighted by Crippen LogP contribution is 2.42. The number of hydrogen-bond acceptors (Lipinski definition) is 4. The van der Waals surface area contributed by atoms with Crippen molar-refractivity contribution < 1.29 is 13.5 Å². The van der Waals surface area contributed by atoms with E-state index >= 15 is 0 Å². The van der Waals surface area contributed by atoms with Crippen molar-refractivity contribution in [3.8, 4) is 5.75 Å². The standard InChI is InChI=1S/C20H20N2O3S/c1-22-16-9-7-13(26(24,25)19-5-3-2-4-18(19)23)11-14(16)20-15-8-6-12(21-15)10-17(20)22/h2-5,7,9,11-12,15,21,23H,6,8,10H2,1H3. The molecule has 2 atom stereocenters. The zero-order valence-corrected chi connectivity index (χ0v) is 15.3. The first-order valence-corrected chi connectivity index (χ1v) is 10.4. The molecule has 1 fully saturated rings. The lowest BCUT2D eigenvalue weighted by Crippen LogP contribution is -2.32. The number of phenols is 1. The lowest BCUT2D eigenvalue weighted by atomic mass is 9.99. The highest BCUT2D eigenvalue weighted by molar-refractivity contribution is 7.91. The molecule has 2 N–H and O–H groups in total. The predicted octanol–water partition coefficient (Wildman–Crippen LogP) is 3.07. The van der Waals surface area contributed by atoms with E-state index in [0.717, 1.165) is 30.2 Å². The minimum atomic E-state index is -3.77. The largest absolute Gasteiger partial charge is 0.507 e. The Hall–Kier alpha value is -2.31. The Bertz CT molecular complexity index is 1150. The first kappa shape index (κ1) is 15.9. The summed E-state index contributed by atoms with van der Waals surface area (Å²) in [6, 6.07) is 12.2. The Labute approximate surface area is 152 Å². The summed E-state index contributed by atoms with van der Waals surface area (Å²) in [4.78, 5) is 0.170. The molecular weight excluding hydrogens is 348 g/mol. The molecule has 134 valence electrons. The molecule has 0 spiro atoms. The van der Waals surface area contributed by atoms with Crippen LogP contribution in [0.5, 0.6) is 5.75 Å².